The van der Waals surface area contributed by atoms with E-state index in [4.69, 9.17) is 5.73 Å². The molecular formula is C16H21N3. The molecule has 1 heterocycles. The van der Waals surface area contributed by atoms with Crippen LogP contribution in [0.5, 0.6) is 0 Å². The zero-order valence-electron chi connectivity index (χ0n) is 11.6. The largest absolute Gasteiger partial charge is 0.399 e. The van der Waals surface area contributed by atoms with Gasteiger partial charge in [0.15, 0.2) is 0 Å². The van der Waals surface area contributed by atoms with Gasteiger partial charge in [0.2, 0.25) is 0 Å². The number of nitrogen functional groups attached to an aromatic ring is 1. The number of aromatic nitrogens is 1. The predicted octanol–water partition coefficient (Wildman–Crippen LogP) is 3.73. The highest BCUT2D eigenvalue weighted by Gasteiger charge is 2.21. The maximum absolute atomic E-state index is 5.91. The van der Waals surface area contributed by atoms with Crippen LogP contribution in [-0.4, -0.2) is 11.0 Å². The molecule has 0 radical (unpaired) electrons. The minimum absolute atomic E-state index is 0.585. The van der Waals surface area contributed by atoms with E-state index in [2.05, 4.69) is 23.3 Å². The van der Waals surface area contributed by atoms with Crippen molar-refractivity contribution >= 4 is 22.3 Å². The standard InChI is InChI=1S/C16H21N3/c1-10-3-5-13(7-10)19-16-8-11(2)18-15-6-4-12(17)9-14(15)16/h4,6,8-10,13H,3,5,7,17H2,1-2H3,(H,18,19). The van der Waals surface area contributed by atoms with Gasteiger partial charge in [-0.25, -0.2) is 0 Å². The van der Waals surface area contributed by atoms with Crippen LogP contribution in [0.15, 0.2) is 24.3 Å². The van der Waals surface area contributed by atoms with E-state index >= 15 is 0 Å². The van der Waals surface area contributed by atoms with Gasteiger partial charge in [0, 0.05) is 28.5 Å². The molecule has 0 bridgehead atoms. The molecule has 2 aromatic rings. The molecule has 3 rings (SSSR count). The van der Waals surface area contributed by atoms with Gasteiger partial charge in [-0.3, -0.25) is 4.98 Å². The number of nitrogens with zero attached hydrogens (tertiary/aromatic N) is 1. The Morgan fingerprint density at radius 1 is 1.26 bits per heavy atom. The predicted molar refractivity (Wildman–Crippen MR) is 81.3 cm³/mol. The number of hydrogen-bond acceptors (Lipinski definition) is 3. The first-order chi connectivity index (χ1) is 9.11. The summed E-state index contributed by atoms with van der Waals surface area (Å²) in [4.78, 5) is 4.57. The molecule has 0 spiro atoms. The monoisotopic (exact) mass is 255 g/mol. The van der Waals surface area contributed by atoms with Crippen LogP contribution in [0.4, 0.5) is 11.4 Å². The van der Waals surface area contributed by atoms with E-state index in [0.29, 0.717) is 6.04 Å². The first kappa shape index (κ1) is 12.3. The van der Waals surface area contributed by atoms with Crippen LogP contribution in [0, 0.1) is 12.8 Å². The lowest BCUT2D eigenvalue weighted by Gasteiger charge is -2.16. The Labute approximate surface area is 114 Å². The van der Waals surface area contributed by atoms with E-state index in [-0.39, 0.29) is 0 Å². The van der Waals surface area contributed by atoms with Gasteiger partial charge < -0.3 is 11.1 Å². The molecule has 0 saturated heterocycles. The lowest BCUT2D eigenvalue weighted by Crippen LogP contribution is -2.15. The Hall–Kier alpha value is -1.77. The van der Waals surface area contributed by atoms with Gasteiger partial charge >= 0.3 is 0 Å². The highest BCUT2D eigenvalue weighted by atomic mass is 14.9. The molecular weight excluding hydrogens is 234 g/mol. The van der Waals surface area contributed by atoms with Crippen molar-refractivity contribution in [1.29, 1.82) is 0 Å². The second-order valence-corrected chi connectivity index (χ2v) is 5.85. The number of rotatable bonds is 2. The number of nitrogens with one attached hydrogen (secondary N) is 1. The number of hydrogen-bond donors (Lipinski definition) is 2. The molecule has 1 aliphatic rings. The molecule has 2 unspecified atom stereocenters. The van der Waals surface area contributed by atoms with Crippen LogP contribution in [-0.2, 0) is 0 Å². The minimum Gasteiger partial charge on any atom is -0.399 e. The fourth-order valence-electron chi connectivity index (χ4n) is 3.05. The van der Waals surface area contributed by atoms with Gasteiger partial charge in [0.1, 0.15) is 0 Å². The number of aryl methyl sites for hydroxylation is 1. The molecule has 1 saturated carbocycles. The van der Waals surface area contributed by atoms with Crippen molar-refractivity contribution in [2.24, 2.45) is 5.92 Å². The maximum Gasteiger partial charge on any atom is 0.0727 e. The zero-order chi connectivity index (χ0) is 13.4. The van der Waals surface area contributed by atoms with E-state index in [0.717, 1.165) is 28.2 Å². The summed E-state index contributed by atoms with van der Waals surface area (Å²) in [5.41, 5.74) is 9.94. The summed E-state index contributed by atoms with van der Waals surface area (Å²) < 4.78 is 0. The minimum atomic E-state index is 0.585. The second-order valence-electron chi connectivity index (χ2n) is 5.85. The Balaban J connectivity index is 1.99. The van der Waals surface area contributed by atoms with Crippen molar-refractivity contribution in [3.8, 4) is 0 Å². The van der Waals surface area contributed by atoms with Crippen LogP contribution < -0.4 is 11.1 Å². The first-order valence-corrected chi connectivity index (χ1v) is 7.05. The number of pyridine rings is 1. The van der Waals surface area contributed by atoms with Gasteiger partial charge in [0.05, 0.1) is 5.52 Å². The Bertz CT molecular complexity index is 606. The van der Waals surface area contributed by atoms with Gasteiger partial charge in [-0.15, -0.1) is 0 Å². The number of fused-ring (bicyclic) bond motifs is 1. The van der Waals surface area contributed by atoms with Gasteiger partial charge in [-0.1, -0.05) is 6.92 Å². The van der Waals surface area contributed by atoms with Crippen molar-refractivity contribution in [2.45, 2.75) is 39.2 Å². The molecule has 0 aliphatic heterocycles. The third-order valence-corrected chi connectivity index (χ3v) is 4.02. The SMILES string of the molecule is Cc1cc(NC2CCC(C)C2)c2cc(N)ccc2n1. The summed E-state index contributed by atoms with van der Waals surface area (Å²) in [5, 5.41) is 4.82. The van der Waals surface area contributed by atoms with E-state index in [1.807, 2.05) is 25.1 Å². The summed E-state index contributed by atoms with van der Waals surface area (Å²) in [6.07, 6.45) is 3.83. The third-order valence-electron chi connectivity index (χ3n) is 4.02. The fourth-order valence-corrected chi connectivity index (χ4v) is 3.05. The topological polar surface area (TPSA) is 50.9 Å². The molecule has 3 nitrogen and oxygen atoms in total. The number of anilines is 2. The van der Waals surface area contributed by atoms with Gasteiger partial charge in [-0.05, 0) is 56.4 Å². The van der Waals surface area contributed by atoms with Crippen LogP contribution >= 0.6 is 0 Å². The molecule has 3 heteroatoms. The van der Waals surface area contributed by atoms with E-state index < -0.39 is 0 Å². The molecule has 1 aromatic heterocycles. The second kappa shape index (κ2) is 4.72. The molecule has 1 aromatic carbocycles. The van der Waals surface area contributed by atoms with Crippen LogP contribution in [0.2, 0.25) is 0 Å². The van der Waals surface area contributed by atoms with Crippen molar-refractivity contribution in [1.82, 2.24) is 4.98 Å². The number of nitrogens with two attached hydrogens (primary N) is 1. The summed E-state index contributed by atoms with van der Waals surface area (Å²) in [7, 11) is 0. The number of benzene rings is 1. The molecule has 100 valence electrons. The van der Waals surface area contributed by atoms with E-state index in [1.165, 1.54) is 24.9 Å². The Morgan fingerprint density at radius 3 is 2.84 bits per heavy atom. The summed E-state index contributed by atoms with van der Waals surface area (Å²) in [5.74, 6) is 0.830. The molecule has 0 amide bonds. The molecule has 1 aliphatic carbocycles. The fraction of sp³-hybridized carbons (Fsp3) is 0.438. The highest BCUT2D eigenvalue weighted by Crippen LogP contribution is 2.31. The summed E-state index contributed by atoms with van der Waals surface area (Å²) in [6.45, 7) is 4.37. The van der Waals surface area contributed by atoms with Crippen LogP contribution in [0.1, 0.15) is 31.9 Å². The molecule has 2 atom stereocenters. The van der Waals surface area contributed by atoms with Crippen molar-refractivity contribution < 1.29 is 0 Å². The molecule has 3 N–H and O–H groups in total. The first-order valence-electron chi connectivity index (χ1n) is 7.05. The molecule has 1 fully saturated rings. The van der Waals surface area contributed by atoms with Gasteiger partial charge in [-0.2, -0.15) is 0 Å². The van der Waals surface area contributed by atoms with E-state index in [1.54, 1.807) is 0 Å². The smallest absolute Gasteiger partial charge is 0.0727 e. The summed E-state index contributed by atoms with van der Waals surface area (Å²) >= 11 is 0. The molecule has 19 heavy (non-hydrogen) atoms. The van der Waals surface area contributed by atoms with Crippen molar-refractivity contribution in [3.63, 3.8) is 0 Å². The van der Waals surface area contributed by atoms with Crippen molar-refractivity contribution in [2.75, 3.05) is 11.1 Å². The average molecular weight is 255 g/mol. The van der Waals surface area contributed by atoms with Crippen LogP contribution in [0.3, 0.4) is 0 Å². The lowest BCUT2D eigenvalue weighted by atomic mass is 10.1. The van der Waals surface area contributed by atoms with E-state index in [9.17, 15) is 0 Å². The average Bonchev–Trinajstić information content (AvgIpc) is 2.76. The normalized spacial score (nSPS) is 22.8. The third kappa shape index (κ3) is 2.50. The Kier molecular flexibility index (Phi) is 3.05. The Morgan fingerprint density at radius 2 is 2.11 bits per heavy atom. The highest BCUT2D eigenvalue weighted by molar-refractivity contribution is 5.93. The maximum atomic E-state index is 5.91. The van der Waals surface area contributed by atoms with Crippen molar-refractivity contribution in [3.05, 3.63) is 30.0 Å². The lowest BCUT2D eigenvalue weighted by molar-refractivity contribution is 0.603. The summed E-state index contributed by atoms with van der Waals surface area (Å²) in [6, 6.07) is 8.64. The van der Waals surface area contributed by atoms with Gasteiger partial charge in [0.25, 0.3) is 0 Å². The van der Waals surface area contributed by atoms with Crippen LogP contribution in [0.25, 0.3) is 10.9 Å². The quantitative estimate of drug-likeness (QED) is 0.804. The zero-order valence-corrected chi connectivity index (χ0v) is 11.6.